The van der Waals surface area contributed by atoms with Crippen molar-refractivity contribution in [3.8, 4) is 0 Å². The van der Waals surface area contributed by atoms with E-state index in [4.69, 9.17) is 5.41 Å². The Hall–Kier alpha value is -4.50. The molecule has 44 heavy (non-hydrogen) atoms. The van der Waals surface area contributed by atoms with Crippen LogP contribution < -0.4 is 10.0 Å². The summed E-state index contributed by atoms with van der Waals surface area (Å²) >= 11 is 0. The maximum absolute atomic E-state index is 15.6. The van der Waals surface area contributed by atoms with Gasteiger partial charge in [-0.1, -0.05) is 0 Å². The van der Waals surface area contributed by atoms with Crippen LogP contribution in [0.1, 0.15) is 45.8 Å². The SMILES string of the molecule is N=CC(C=NC1CCNCC1)c1cnc2[nH]cc(C(=O)c3c(F)ccc(NS(=O)(=O)c4ccc(C(F)(F)F)cc4)c3F)c2c1. The Morgan fingerprint density at radius 3 is 2.48 bits per heavy atom. The minimum atomic E-state index is -4.70. The highest BCUT2D eigenvalue weighted by molar-refractivity contribution is 7.92. The number of fused-ring (bicyclic) bond motifs is 1. The quantitative estimate of drug-likeness (QED) is 0.110. The Morgan fingerprint density at radius 1 is 1.11 bits per heavy atom. The summed E-state index contributed by atoms with van der Waals surface area (Å²) in [5.74, 6) is -4.48. The van der Waals surface area contributed by atoms with Crippen LogP contribution in [0.4, 0.5) is 27.6 Å². The number of piperidine rings is 1. The van der Waals surface area contributed by atoms with Crippen molar-refractivity contribution in [1.82, 2.24) is 15.3 Å². The average molecular weight is 633 g/mol. The lowest BCUT2D eigenvalue weighted by atomic mass is 9.98. The smallest absolute Gasteiger partial charge is 0.345 e. The zero-order chi connectivity index (χ0) is 31.6. The Kier molecular flexibility index (Phi) is 8.61. The lowest BCUT2D eigenvalue weighted by molar-refractivity contribution is -0.137. The molecule has 15 heteroatoms. The number of nitrogens with one attached hydrogen (secondary N) is 4. The van der Waals surface area contributed by atoms with E-state index in [1.807, 2.05) is 4.72 Å². The lowest BCUT2D eigenvalue weighted by Gasteiger charge is -2.19. The molecule has 1 fully saturated rings. The van der Waals surface area contributed by atoms with Crippen molar-refractivity contribution in [1.29, 1.82) is 5.41 Å². The Labute approximate surface area is 248 Å². The van der Waals surface area contributed by atoms with Gasteiger partial charge in [-0.05, 0) is 74.0 Å². The first-order chi connectivity index (χ1) is 20.9. The largest absolute Gasteiger partial charge is 0.416 e. The number of aliphatic imine (C=N–C) groups is 1. The fraction of sp³-hybridized carbons (Fsp3) is 0.241. The molecule has 1 atom stereocenters. The maximum Gasteiger partial charge on any atom is 0.416 e. The van der Waals surface area contributed by atoms with Crippen molar-refractivity contribution in [2.24, 2.45) is 4.99 Å². The van der Waals surface area contributed by atoms with E-state index < -0.39 is 61.2 Å². The highest BCUT2D eigenvalue weighted by Gasteiger charge is 2.31. The van der Waals surface area contributed by atoms with Gasteiger partial charge in [-0.2, -0.15) is 13.2 Å². The predicted molar refractivity (Wildman–Crippen MR) is 154 cm³/mol. The number of pyridine rings is 1. The summed E-state index contributed by atoms with van der Waals surface area (Å²) in [4.78, 5) is 24.5. The summed E-state index contributed by atoms with van der Waals surface area (Å²) in [5, 5.41) is 11.3. The number of aromatic nitrogens is 2. The van der Waals surface area contributed by atoms with E-state index in [0.29, 0.717) is 35.9 Å². The van der Waals surface area contributed by atoms with Crippen molar-refractivity contribution in [3.05, 3.63) is 88.7 Å². The molecular formula is C29H25F5N6O3S. The Bertz CT molecular complexity index is 1850. The van der Waals surface area contributed by atoms with Crippen LogP contribution >= 0.6 is 0 Å². The third-order valence-corrected chi connectivity index (χ3v) is 8.56. The van der Waals surface area contributed by atoms with Gasteiger partial charge in [0.25, 0.3) is 10.0 Å². The number of rotatable bonds is 9. The maximum atomic E-state index is 15.6. The number of anilines is 1. The van der Waals surface area contributed by atoms with Gasteiger partial charge in [-0.15, -0.1) is 0 Å². The van der Waals surface area contributed by atoms with Crippen LogP contribution in [0, 0.1) is 17.0 Å². The van der Waals surface area contributed by atoms with Crippen LogP contribution in [-0.4, -0.2) is 55.7 Å². The van der Waals surface area contributed by atoms with Crippen molar-refractivity contribution < 1.29 is 35.2 Å². The highest BCUT2D eigenvalue weighted by Crippen LogP contribution is 2.32. The topological polar surface area (TPSA) is 140 Å². The summed E-state index contributed by atoms with van der Waals surface area (Å²) in [6.07, 6.45) is 2.50. The van der Waals surface area contributed by atoms with Crippen LogP contribution in [0.5, 0.6) is 0 Å². The molecule has 230 valence electrons. The molecule has 9 nitrogen and oxygen atoms in total. The molecule has 1 saturated heterocycles. The number of hydrogen-bond acceptors (Lipinski definition) is 7. The molecule has 0 aliphatic carbocycles. The molecule has 0 amide bonds. The van der Waals surface area contributed by atoms with Crippen molar-refractivity contribution in [3.63, 3.8) is 0 Å². The van der Waals surface area contributed by atoms with Gasteiger partial charge < -0.3 is 15.7 Å². The van der Waals surface area contributed by atoms with Gasteiger partial charge in [-0.3, -0.25) is 14.5 Å². The monoisotopic (exact) mass is 632 g/mol. The lowest BCUT2D eigenvalue weighted by Crippen LogP contribution is -2.30. The number of sulfonamides is 1. The molecule has 4 aromatic rings. The van der Waals surface area contributed by atoms with E-state index in [0.717, 1.165) is 38.2 Å². The number of carbonyl (C=O) groups excluding carboxylic acids is 1. The second-order valence-corrected chi connectivity index (χ2v) is 11.8. The molecule has 5 rings (SSSR count). The normalized spacial score (nSPS) is 15.5. The Balaban J connectivity index is 1.44. The molecule has 1 aliphatic rings. The van der Waals surface area contributed by atoms with Crippen LogP contribution in [-0.2, 0) is 16.2 Å². The fourth-order valence-corrected chi connectivity index (χ4v) is 5.85. The summed E-state index contributed by atoms with van der Waals surface area (Å²) < 4.78 is 96.5. The summed E-state index contributed by atoms with van der Waals surface area (Å²) in [7, 11) is -4.62. The molecule has 1 unspecified atom stereocenters. The third-order valence-electron chi connectivity index (χ3n) is 7.18. The van der Waals surface area contributed by atoms with Crippen LogP contribution in [0.2, 0.25) is 0 Å². The molecule has 4 N–H and O–H groups in total. The summed E-state index contributed by atoms with van der Waals surface area (Å²) in [6, 6.07) is 5.59. The number of benzene rings is 2. The molecule has 0 saturated carbocycles. The van der Waals surface area contributed by atoms with Crippen molar-refractivity contribution in [2.45, 2.75) is 35.9 Å². The van der Waals surface area contributed by atoms with Gasteiger partial charge in [0.1, 0.15) is 11.5 Å². The molecule has 0 spiro atoms. The zero-order valence-electron chi connectivity index (χ0n) is 22.8. The minimum Gasteiger partial charge on any atom is -0.345 e. The molecule has 1 aliphatic heterocycles. The minimum absolute atomic E-state index is 0.106. The van der Waals surface area contributed by atoms with E-state index >= 15 is 4.39 Å². The predicted octanol–water partition coefficient (Wildman–Crippen LogP) is 5.45. The molecule has 0 radical (unpaired) electrons. The second-order valence-electron chi connectivity index (χ2n) is 10.1. The first-order valence-electron chi connectivity index (χ1n) is 13.3. The van der Waals surface area contributed by atoms with E-state index in [-0.39, 0.29) is 22.6 Å². The summed E-state index contributed by atoms with van der Waals surface area (Å²) in [6.45, 7) is 1.68. The molecular weight excluding hydrogens is 607 g/mol. The number of carbonyl (C=O) groups is 1. The number of nitrogens with zero attached hydrogens (tertiary/aromatic N) is 2. The van der Waals surface area contributed by atoms with E-state index in [9.17, 15) is 30.8 Å². The molecule has 2 aromatic carbocycles. The van der Waals surface area contributed by atoms with Crippen LogP contribution in [0.3, 0.4) is 0 Å². The van der Waals surface area contributed by atoms with Crippen molar-refractivity contribution >= 4 is 45.0 Å². The van der Waals surface area contributed by atoms with E-state index in [2.05, 4.69) is 20.3 Å². The second kappa shape index (κ2) is 12.2. The third kappa shape index (κ3) is 6.38. The van der Waals surface area contributed by atoms with E-state index in [1.54, 1.807) is 12.3 Å². The van der Waals surface area contributed by atoms with Gasteiger partial charge in [0.05, 0.1) is 33.7 Å². The van der Waals surface area contributed by atoms with Crippen LogP contribution in [0.25, 0.3) is 11.0 Å². The molecule has 2 aromatic heterocycles. The number of H-pyrrole nitrogens is 1. The first-order valence-corrected chi connectivity index (χ1v) is 14.8. The number of aromatic amines is 1. The van der Waals surface area contributed by atoms with Crippen molar-refractivity contribution in [2.75, 3.05) is 17.8 Å². The number of ketones is 1. The number of alkyl halides is 3. The van der Waals surface area contributed by atoms with Gasteiger partial charge in [0.15, 0.2) is 5.82 Å². The molecule has 3 heterocycles. The van der Waals surface area contributed by atoms with Gasteiger partial charge in [-0.25, -0.2) is 22.2 Å². The number of halogens is 5. The average Bonchev–Trinajstić information content (AvgIpc) is 3.42. The van der Waals surface area contributed by atoms with Gasteiger partial charge in [0.2, 0.25) is 5.78 Å². The van der Waals surface area contributed by atoms with Crippen LogP contribution in [0.15, 0.2) is 64.7 Å². The first kappa shape index (κ1) is 30.9. The van der Waals surface area contributed by atoms with Gasteiger partial charge >= 0.3 is 6.18 Å². The fourth-order valence-electron chi connectivity index (χ4n) is 4.79. The molecule has 0 bridgehead atoms. The van der Waals surface area contributed by atoms with Gasteiger partial charge in [0, 0.05) is 35.8 Å². The number of hydrogen-bond donors (Lipinski definition) is 4. The zero-order valence-corrected chi connectivity index (χ0v) is 23.6. The Morgan fingerprint density at radius 2 is 1.82 bits per heavy atom. The standard InChI is InChI=1S/C29H25F5N6O3S/c30-23-5-6-24(40-44(42,43)20-3-1-18(2-4-20)29(32,33)34)26(31)25(23)27(41)22-15-39-28-21(22)11-16(13-38-28)17(12-35)14-37-19-7-9-36-10-8-19/h1-6,11-15,17,19,35-36,40H,7-10H2,(H,38,39). The highest BCUT2D eigenvalue weighted by atomic mass is 32.2. The van der Waals surface area contributed by atoms with E-state index in [1.165, 1.54) is 12.4 Å². The summed E-state index contributed by atoms with van der Waals surface area (Å²) in [5.41, 5.74) is -2.34.